The molecule has 4 heteroatoms. The standard InChI is InChI=1S/C21H36O4/c1-7-14(6)19(23)18-20(24)15(10-8-12(2)3)17(21(18)25)16(22)11-9-13(4)5/h12-17,22,25H,7-11H2,1-6H3/t14?,15-,16?,17?/m0/s1. The highest BCUT2D eigenvalue weighted by Gasteiger charge is 2.47. The van der Waals surface area contributed by atoms with Gasteiger partial charge in [0, 0.05) is 11.8 Å². The maximum absolute atomic E-state index is 12.9. The number of rotatable bonds is 10. The van der Waals surface area contributed by atoms with E-state index in [0.29, 0.717) is 31.1 Å². The van der Waals surface area contributed by atoms with Gasteiger partial charge >= 0.3 is 0 Å². The first-order chi connectivity index (χ1) is 11.6. The van der Waals surface area contributed by atoms with Crippen molar-refractivity contribution in [1.29, 1.82) is 0 Å². The number of carbonyl (C=O) groups excluding carboxylic acids is 2. The molecule has 1 aliphatic carbocycles. The molecule has 0 fully saturated rings. The molecule has 0 heterocycles. The summed E-state index contributed by atoms with van der Waals surface area (Å²) in [6.45, 7) is 12.0. The van der Waals surface area contributed by atoms with Gasteiger partial charge < -0.3 is 10.2 Å². The monoisotopic (exact) mass is 352 g/mol. The molecule has 0 aliphatic heterocycles. The second-order valence-corrected chi connectivity index (χ2v) is 8.44. The summed E-state index contributed by atoms with van der Waals surface area (Å²) < 4.78 is 0. The number of ketones is 2. The van der Waals surface area contributed by atoms with E-state index in [1.54, 1.807) is 6.92 Å². The fraction of sp³-hybridized carbons (Fsp3) is 0.810. The Morgan fingerprint density at radius 1 is 1.04 bits per heavy atom. The van der Waals surface area contributed by atoms with Crippen LogP contribution in [0.5, 0.6) is 0 Å². The number of hydrogen-bond acceptors (Lipinski definition) is 4. The Morgan fingerprint density at radius 2 is 1.60 bits per heavy atom. The van der Waals surface area contributed by atoms with Crippen LogP contribution < -0.4 is 0 Å². The summed E-state index contributed by atoms with van der Waals surface area (Å²) in [6.07, 6.45) is 2.63. The summed E-state index contributed by atoms with van der Waals surface area (Å²) in [4.78, 5) is 25.5. The van der Waals surface area contributed by atoms with Crippen LogP contribution in [-0.2, 0) is 9.59 Å². The predicted octanol–water partition coefficient (Wildman–Crippen LogP) is 4.46. The van der Waals surface area contributed by atoms with Crippen molar-refractivity contribution in [2.75, 3.05) is 0 Å². The molecular formula is C21H36O4. The Kier molecular flexibility index (Phi) is 8.33. The van der Waals surface area contributed by atoms with Gasteiger partial charge in [-0.05, 0) is 37.5 Å². The number of carbonyl (C=O) groups is 2. The molecule has 0 saturated carbocycles. The lowest BCUT2D eigenvalue weighted by Gasteiger charge is -2.25. The minimum absolute atomic E-state index is 0.0447. The fourth-order valence-electron chi connectivity index (χ4n) is 3.47. The summed E-state index contributed by atoms with van der Waals surface area (Å²) in [7, 11) is 0. The first-order valence-electron chi connectivity index (χ1n) is 9.81. The molecule has 3 unspecified atom stereocenters. The van der Waals surface area contributed by atoms with Crippen molar-refractivity contribution in [2.24, 2.45) is 29.6 Å². The minimum Gasteiger partial charge on any atom is -0.511 e. The second kappa shape index (κ2) is 9.51. The Balaban J connectivity index is 3.12. The third kappa shape index (κ3) is 5.40. The molecule has 0 radical (unpaired) electrons. The van der Waals surface area contributed by atoms with Crippen LogP contribution in [0.3, 0.4) is 0 Å². The van der Waals surface area contributed by atoms with Crippen LogP contribution in [-0.4, -0.2) is 27.9 Å². The average Bonchev–Trinajstić information content (AvgIpc) is 2.79. The Bertz CT molecular complexity index is 504. The highest BCUT2D eigenvalue weighted by atomic mass is 16.3. The van der Waals surface area contributed by atoms with Gasteiger partial charge in [-0.1, -0.05) is 48.0 Å². The normalized spacial score (nSPS) is 23.6. The van der Waals surface area contributed by atoms with Crippen LogP contribution >= 0.6 is 0 Å². The van der Waals surface area contributed by atoms with Crippen LogP contribution in [0.2, 0.25) is 0 Å². The Hall–Kier alpha value is -1.16. The molecule has 0 aromatic carbocycles. The summed E-state index contributed by atoms with van der Waals surface area (Å²) >= 11 is 0. The van der Waals surface area contributed by atoms with E-state index in [-0.39, 0.29) is 28.8 Å². The molecule has 2 N–H and O–H groups in total. The van der Waals surface area contributed by atoms with E-state index in [0.717, 1.165) is 12.8 Å². The molecule has 25 heavy (non-hydrogen) atoms. The number of aliphatic hydroxyl groups excluding tert-OH is 2. The SMILES string of the molecule is CCC(C)C(=O)C1=C(O)C(C(O)CCC(C)C)[C@H](CCC(C)C)C1=O. The first-order valence-corrected chi connectivity index (χ1v) is 9.81. The van der Waals surface area contributed by atoms with Crippen molar-refractivity contribution in [2.45, 2.75) is 79.8 Å². The van der Waals surface area contributed by atoms with Gasteiger partial charge in [-0.15, -0.1) is 0 Å². The van der Waals surface area contributed by atoms with E-state index in [1.165, 1.54) is 0 Å². The van der Waals surface area contributed by atoms with Gasteiger partial charge in [0.2, 0.25) is 0 Å². The summed E-state index contributed by atoms with van der Waals surface area (Å²) in [5.74, 6) is -1.25. The molecule has 1 rings (SSSR count). The molecule has 0 amide bonds. The van der Waals surface area contributed by atoms with E-state index in [9.17, 15) is 19.8 Å². The van der Waals surface area contributed by atoms with Crippen LogP contribution in [0.1, 0.15) is 73.6 Å². The van der Waals surface area contributed by atoms with E-state index in [2.05, 4.69) is 27.7 Å². The van der Waals surface area contributed by atoms with E-state index < -0.39 is 17.9 Å². The van der Waals surface area contributed by atoms with Gasteiger partial charge in [-0.3, -0.25) is 9.59 Å². The van der Waals surface area contributed by atoms with Crippen molar-refractivity contribution < 1.29 is 19.8 Å². The highest BCUT2D eigenvalue weighted by molar-refractivity contribution is 6.23. The first kappa shape index (κ1) is 21.9. The Morgan fingerprint density at radius 3 is 2.08 bits per heavy atom. The molecular weight excluding hydrogens is 316 g/mol. The van der Waals surface area contributed by atoms with E-state index in [4.69, 9.17) is 0 Å². The second-order valence-electron chi connectivity index (χ2n) is 8.44. The van der Waals surface area contributed by atoms with Crippen molar-refractivity contribution in [3.05, 3.63) is 11.3 Å². The largest absolute Gasteiger partial charge is 0.511 e. The smallest absolute Gasteiger partial charge is 0.173 e. The number of aliphatic hydroxyl groups is 2. The lowest BCUT2D eigenvalue weighted by atomic mass is 9.82. The maximum Gasteiger partial charge on any atom is 0.173 e. The number of allylic oxidation sites excluding steroid dienone is 1. The zero-order chi connectivity index (χ0) is 19.3. The molecule has 0 aromatic heterocycles. The van der Waals surface area contributed by atoms with Gasteiger partial charge in [0.15, 0.2) is 11.6 Å². The summed E-state index contributed by atoms with van der Waals surface area (Å²) in [6, 6.07) is 0. The molecule has 144 valence electrons. The topological polar surface area (TPSA) is 74.6 Å². The molecule has 0 aromatic rings. The highest BCUT2D eigenvalue weighted by Crippen LogP contribution is 2.41. The fourth-order valence-corrected chi connectivity index (χ4v) is 3.47. The average molecular weight is 353 g/mol. The van der Waals surface area contributed by atoms with Crippen LogP contribution in [0.15, 0.2) is 11.3 Å². The zero-order valence-corrected chi connectivity index (χ0v) is 16.7. The van der Waals surface area contributed by atoms with Crippen LogP contribution in [0.4, 0.5) is 0 Å². The maximum atomic E-state index is 12.9. The van der Waals surface area contributed by atoms with Gasteiger partial charge in [0.1, 0.15) is 5.76 Å². The Labute approximate surface area is 152 Å². The third-order valence-corrected chi connectivity index (χ3v) is 5.40. The summed E-state index contributed by atoms with van der Waals surface area (Å²) in [5.41, 5.74) is -0.0447. The van der Waals surface area contributed by atoms with Crippen molar-refractivity contribution in [3.63, 3.8) is 0 Å². The van der Waals surface area contributed by atoms with Gasteiger partial charge in [-0.25, -0.2) is 0 Å². The lowest BCUT2D eigenvalue weighted by Crippen LogP contribution is -2.30. The molecule has 0 bridgehead atoms. The third-order valence-electron chi connectivity index (χ3n) is 5.40. The lowest BCUT2D eigenvalue weighted by molar-refractivity contribution is -0.125. The molecule has 4 atom stereocenters. The zero-order valence-electron chi connectivity index (χ0n) is 16.7. The van der Waals surface area contributed by atoms with Gasteiger partial charge in [-0.2, -0.15) is 0 Å². The van der Waals surface area contributed by atoms with Crippen molar-refractivity contribution in [1.82, 2.24) is 0 Å². The molecule has 1 aliphatic rings. The van der Waals surface area contributed by atoms with Gasteiger partial charge in [0.25, 0.3) is 0 Å². The molecule has 0 saturated heterocycles. The van der Waals surface area contributed by atoms with Gasteiger partial charge in [0.05, 0.1) is 17.6 Å². The van der Waals surface area contributed by atoms with Crippen LogP contribution in [0, 0.1) is 29.6 Å². The van der Waals surface area contributed by atoms with E-state index in [1.807, 2.05) is 6.92 Å². The van der Waals surface area contributed by atoms with Crippen molar-refractivity contribution in [3.8, 4) is 0 Å². The minimum atomic E-state index is -0.786. The molecule has 0 spiro atoms. The molecule has 4 nitrogen and oxygen atoms in total. The predicted molar refractivity (Wildman–Crippen MR) is 100 cm³/mol. The number of Topliss-reactive ketones (excluding diaryl/α,β-unsaturated/α-hetero) is 2. The quantitative estimate of drug-likeness (QED) is 0.569. The number of hydrogen-bond donors (Lipinski definition) is 2. The summed E-state index contributed by atoms with van der Waals surface area (Å²) in [5, 5.41) is 21.3. The van der Waals surface area contributed by atoms with Crippen LogP contribution in [0.25, 0.3) is 0 Å². The van der Waals surface area contributed by atoms with E-state index >= 15 is 0 Å². The van der Waals surface area contributed by atoms with Crippen molar-refractivity contribution >= 4 is 11.6 Å².